The fourth-order valence-electron chi connectivity index (χ4n) is 2.17. The second-order valence-electron chi connectivity index (χ2n) is 5.28. The lowest BCUT2D eigenvalue weighted by Crippen LogP contribution is -2.35. The average Bonchev–Trinajstić information content (AvgIpc) is 2.70. The number of hydrogen-bond donors (Lipinski definition) is 1. The zero-order chi connectivity index (χ0) is 13.5. The molecule has 98 valence electrons. The first-order valence-electron chi connectivity index (χ1n) is 6.34. The van der Waals surface area contributed by atoms with Gasteiger partial charge in [-0.15, -0.1) is 0 Å². The van der Waals surface area contributed by atoms with Crippen LogP contribution in [0.15, 0.2) is 18.2 Å². The van der Waals surface area contributed by atoms with Crippen molar-refractivity contribution < 1.29 is 0 Å². The Bertz CT molecular complexity index is 570. The van der Waals surface area contributed by atoms with Crippen LogP contribution in [0, 0.1) is 0 Å². The van der Waals surface area contributed by atoms with E-state index in [0.717, 1.165) is 28.3 Å². The highest BCUT2D eigenvalue weighted by atomic mass is 35.5. The number of nitrogens with zero attached hydrogens (tertiary/aromatic N) is 2. The molecule has 3 nitrogen and oxygen atoms in total. The number of rotatable bonds is 3. The number of fused-ring (bicyclic) bond motifs is 1. The molecule has 0 amide bonds. The van der Waals surface area contributed by atoms with Crippen molar-refractivity contribution in [1.29, 1.82) is 0 Å². The number of nitrogens with two attached hydrogens (primary N) is 1. The van der Waals surface area contributed by atoms with Gasteiger partial charge in [-0.3, -0.25) is 0 Å². The van der Waals surface area contributed by atoms with Crippen LogP contribution in [0.5, 0.6) is 0 Å². The Kier molecular flexibility index (Phi) is 3.39. The van der Waals surface area contributed by atoms with Gasteiger partial charge in [0.05, 0.1) is 21.6 Å². The van der Waals surface area contributed by atoms with Gasteiger partial charge in [0, 0.05) is 6.04 Å². The first-order chi connectivity index (χ1) is 8.38. The normalized spacial score (nSPS) is 15.3. The molecule has 0 saturated carbocycles. The van der Waals surface area contributed by atoms with Gasteiger partial charge < -0.3 is 10.3 Å². The quantitative estimate of drug-likeness (QED) is 0.916. The molecule has 2 aromatic rings. The van der Waals surface area contributed by atoms with Crippen molar-refractivity contribution in [3.63, 3.8) is 0 Å². The van der Waals surface area contributed by atoms with E-state index >= 15 is 0 Å². The molecule has 0 bridgehead atoms. The maximum absolute atomic E-state index is 6.36. The highest BCUT2D eigenvalue weighted by Crippen LogP contribution is 2.32. The molecule has 1 unspecified atom stereocenters. The van der Waals surface area contributed by atoms with E-state index in [0.29, 0.717) is 0 Å². The zero-order valence-corrected chi connectivity index (χ0v) is 12.1. The summed E-state index contributed by atoms with van der Waals surface area (Å²) < 4.78 is 2.15. The number of hydrogen-bond acceptors (Lipinski definition) is 2. The minimum atomic E-state index is -0.438. The Labute approximate surface area is 113 Å². The van der Waals surface area contributed by atoms with Gasteiger partial charge in [-0.2, -0.15) is 0 Å². The molecule has 2 N–H and O–H groups in total. The molecule has 0 aliphatic carbocycles. The molecule has 1 atom stereocenters. The predicted octanol–water partition coefficient (Wildman–Crippen LogP) is 3.85. The number of benzene rings is 1. The van der Waals surface area contributed by atoms with E-state index < -0.39 is 5.54 Å². The molecule has 0 aliphatic heterocycles. The van der Waals surface area contributed by atoms with E-state index in [1.165, 1.54) is 0 Å². The Morgan fingerprint density at radius 2 is 2.11 bits per heavy atom. The second kappa shape index (κ2) is 4.56. The van der Waals surface area contributed by atoms with Crippen LogP contribution in [-0.2, 0) is 5.54 Å². The fraction of sp³-hybridized carbons (Fsp3) is 0.500. The SMILES string of the molecule is CCC(C)(N)c1nc2cccc(Cl)c2n1C(C)C. The molecule has 18 heavy (non-hydrogen) atoms. The van der Waals surface area contributed by atoms with Gasteiger partial charge in [0.1, 0.15) is 5.82 Å². The van der Waals surface area contributed by atoms with Crippen molar-refractivity contribution in [2.75, 3.05) is 0 Å². The minimum Gasteiger partial charge on any atom is -0.323 e. The van der Waals surface area contributed by atoms with Gasteiger partial charge >= 0.3 is 0 Å². The lowest BCUT2D eigenvalue weighted by atomic mass is 9.99. The summed E-state index contributed by atoms with van der Waals surface area (Å²) in [5, 5.41) is 0.729. The monoisotopic (exact) mass is 265 g/mol. The van der Waals surface area contributed by atoms with Crippen molar-refractivity contribution in [1.82, 2.24) is 9.55 Å². The number of aromatic nitrogens is 2. The maximum Gasteiger partial charge on any atom is 0.130 e. The smallest absolute Gasteiger partial charge is 0.130 e. The van der Waals surface area contributed by atoms with Gasteiger partial charge in [0.25, 0.3) is 0 Å². The summed E-state index contributed by atoms with van der Waals surface area (Å²) >= 11 is 6.31. The van der Waals surface area contributed by atoms with Gasteiger partial charge in [0.2, 0.25) is 0 Å². The van der Waals surface area contributed by atoms with Gasteiger partial charge in [-0.05, 0) is 39.3 Å². The minimum absolute atomic E-state index is 0.277. The van der Waals surface area contributed by atoms with Crippen LogP contribution < -0.4 is 5.73 Å². The van der Waals surface area contributed by atoms with Crippen LogP contribution in [0.3, 0.4) is 0 Å². The molecule has 0 fully saturated rings. The van der Waals surface area contributed by atoms with Crippen LogP contribution in [-0.4, -0.2) is 9.55 Å². The largest absolute Gasteiger partial charge is 0.323 e. The molecule has 4 heteroatoms. The third-order valence-corrected chi connectivity index (χ3v) is 3.73. The molecular weight excluding hydrogens is 246 g/mol. The molecule has 2 rings (SSSR count). The second-order valence-corrected chi connectivity index (χ2v) is 5.68. The first-order valence-corrected chi connectivity index (χ1v) is 6.72. The topological polar surface area (TPSA) is 43.8 Å². The summed E-state index contributed by atoms with van der Waals surface area (Å²) in [5.41, 5.74) is 7.82. The summed E-state index contributed by atoms with van der Waals surface area (Å²) in [5.74, 6) is 0.906. The lowest BCUT2D eigenvalue weighted by Gasteiger charge is -2.25. The van der Waals surface area contributed by atoms with Crippen LogP contribution in [0.4, 0.5) is 0 Å². The molecule has 0 spiro atoms. The lowest BCUT2D eigenvalue weighted by molar-refractivity contribution is 0.409. The third-order valence-electron chi connectivity index (χ3n) is 3.42. The highest BCUT2D eigenvalue weighted by Gasteiger charge is 2.28. The molecule has 1 aromatic carbocycles. The van der Waals surface area contributed by atoms with Crippen LogP contribution in [0.2, 0.25) is 5.02 Å². The predicted molar refractivity (Wildman–Crippen MR) is 77.0 cm³/mol. The van der Waals surface area contributed by atoms with Crippen molar-refractivity contribution in [2.45, 2.75) is 45.7 Å². The van der Waals surface area contributed by atoms with E-state index in [4.69, 9.17) is 22.3 Å². The van der Waals surface area contributed by atoms with E-state index in [1.54, 1.807) is 0 Å². The van der Waals surface area contributed by atoms with Crippen LogP contribution in [0.1, 0.15) is 46.0 Å². The molecule has 1 aromatic heterocycles. The average molecular weight is 266 g/mol. The van der Waals surface area contributed by atoms with Crippen molar-refractivity contribution >= 4 is 22.6 Å². The first kappa shape index (κ1) is 13.4. The van der Waals surface area contributed by atoms with Crippen LogP contribution >= 0.6 is 11.6 Å². The molecule has 1 heterocycles. The molecule has 0 radical (unpaired) electrons. The highest BCUT2D eigenvalue weighted by molar-refractivity contribution is 6.35. The van der Waals surface area contributed by atoms with Gasteiger partial charge in [-0.1, -0.05) is 24.6 Å². The summed E-state index contributed by atoms with van der Waals surface area (Å²) in [4.78, 5) is 4.69. The third kappa shape index (κ3) is 2.02. The molecular formula is C14H20ClN3. The number of para-hydroxylation sites is 1. The fourth-order valence-corrected chi connectivity index (χ4v) is 2.43. The summed E-state index contributed by atoms with van der Waals surface area (Å²) in [6, 6.07) is 6.08. The van der Waals surface area contributed by atoms with Crippen LogP contribution in [0.25, 0.3) is 11.0 Å². The van der Waals surface area contributed by atoms with Crippen molar-refractivity contribution in [2.24, 2.45) is 5.73 Å². The Hall–Kier alpha value is -1.06. The van der Waals surface area contributed by atoms with Crippen molar-refractivity contribution in [3.8, 4) is 0 Å². The molecule has 0 aliphatic rings. The standard InChI is InChI=1S/C14H20ClN3/c1-5-14(4,16)13-17-11-8-6-7-10(15)12(11)18(13)9(2)3/h6-9H,5,16H2,1-4H3. The van der Waals surface area contributed by atoms with E-state index in [9.17, 15) is 0 Å². The Balaban J connectivity index is 2.83. The summed E-state index contributed by atoms with van der Waals surface area (Å²) in [6.07, 6.45) is 0.834. The zero-order valence-electron chi connectivity index (χ0n) is 11.4. The Morgan fingerprint density at radius 1 is 1.44 bits per heavy atom. The maximum atomic E-state index is 6.36. The Morgan fingerprint density at radius 3 is 2.67 bits per heavy atom. The van der Waals surface area contributed by atoms with Gasteiger partial charge in [0.15, 0.2) is 0 Å². The number of halogens is 1. The van der Waals surface area contributed by atoms with E-state index in [2.05, 4.69) is 25.3 Å². The number of imidazole rings is 1. The summed E-state index contributed by atoms with van der Waals surface area (Å²) in [7, 11) is 0. The van der Waals surface area contributed by atoms with E-state index in [-0.39, 0.29) is 6.04 Å². The summed E-state index contributed by atoms with van der Waals surface area (Å²) in [6.45, 7) is 8.34. The van der Waals surface area contributed by atoms with E-state index in [1.807, 2.05) is 25.1 Å². The van der Waals surface area contributed by atoms with Crippen molar-refractivity contribution in [3.05, 3.63) is 29.0 Å². The molecule has 0 saturated heterocycles. The van der Waals surface area contributed by atoms with Gasteiger partial charge in [-0.25, -0.2) is 4.98 Å².